The fourth-order valence-electron chi connectivity index (χ4n) is 2.69. The van der Waals surface area contributed by atoms with Crippen molar-refractivity contribution in [1.82, 2.24) is 9.80 Å². The van der Waals surface area contributed by atoms with Crippen LogP contribution in [0.1, 0.15) is 41.5 Å². The standard InChI is InChI=1S/C20H45BrN2O2Si2/c1-19(2,3)26(7,8)24-13-11-22-16-18(15-21)23(17-22)12-14-25-27(9,10)20(4,5)6/h18H,11-17H2,1-10H3. The molecule has 1 unspecified atom stereocenters. The summed E-state index contributed by atoms with van der Waals surface area (Å²) in [6.45, 7) is 29.1. The van der Waals surface area contributed by atoms with Crippen molar-refractivity contribution in [3.8, 4) is 0 Å². The lowest BCUT2D eigenvalue weighted by Gasteiger charge is -2.37. The van der Waals surface area contributed by atoms with Crippen LogP contribution in [0.5, 0.6) is 0 Å². The Bertz CT molecular complexity index is 462. The number of nitrogens with zero attached hydrogens (tertiary/aromatic N) is 2. The number of alkyl halides is 1. The van der Waals surface area contributed by atoms with Crippen molar-refractivity contribution in [2.24, 2.45) is 0 Å². The Morgan fingerprint density at radius 2 is 1.30 bits per heavy atom. The van der Waals surface area contributed by atoms with Crippen LogP contribution in [0, 0.1) is 0 Å². The molecule has 7 heteroatoms. The van der Waals surface area contributed by atoms with Crippen LogP contribution < -0.4 is 0 Å². The van der Waals surface area contributed by atoms with Gasteiger partial charge in [-0.3, -0.25) is 9.80 Å². The molecule has 0 N–H and O–H groups in total. The average molecular weight is 482 g/mol. The number of hydrogen-bond donors (Lipinski definition) is 0. The largest absolute Gasteiger partial charge is 0.416 e. The minimum Gasteiger partial charge on any atom is -0.416 e. The zero-order chi connectivity index (χ0) is 21.1. The van der Waals surface area contributed by atoms with Crippen molar-refractivity contribution in [3.05, 3.63) is 0 Å². The highest BCUT2D eigenvalue weighted by molar-refractivity contribution is 9.09. The molecule has 1 aliphatic heterocycles. The van der Waals surface area contributed by atoms with E-state index in [0.717, 1.165) is 44.8 Å². The zero-order valence-corrected chi connectivity index (χ0v) is 23.2. The third-order valence-corrected chi connectivity index (χ3v) is 16.7. The van der Waals surface area contributed by atoms with E-state index >= 15 is 0 Å². The van der Waals surface area contributed by atoms with Gasteiger partial charge in [-0.2, -0.15) is 0 Å². The molecule has 0 bridgehead atoms. The third-order valence-electron chi connectivity index (χ3n) is 6.87. The summed E-state index contributed by atoms with van der Waals surface area (Å²) >= 11 is 3.71. The van der Waals surface area contributed by atoms with Crippen LogP contribution in [0.4, 0.5) is 0 Å². The minimum atomic E-state index is -1.65. The smallest absolute Gasteiger partial charge is 0.192 e. The van der Waals surface area contributed by atoms with Crippen LogP contribution in [0.25, 0.3) is 0 Å². The molecule has 1 rings (SSSR count). The van der Waals surface area contributed by atoms with E-state index in [4.69, 9.17) is 8.85 Å². The third kappa shape index (κ3) is 7.50. The Labute approximate surface area is 179 Å². The molecule has 4 nitrogen and oxygen atoms in total. The molecule has 0 aromatic heterocycles. The molecule has 0 radical (unpaired) electrons. The van der Waals surface area contributed by atoms with Crippen molar-refractivity contribution >= 4 is 32.6 Å². The highest BCUT2D eigenvalue weighted by Crippen LogP contribution is 2.37. The first-order valence-electron chi connectivity index (χ1n) is 10.4. The van der Waals surface area contributed by atoms with Crippen LogP contribution in [0.15, 0.2) is 0 Å². The maximum atomic E-state index is 6.39. The maximum absolute atomic E-state index is 6.39. The molecule has 1 aliphatic rings. The van der Waals surface area contributed by atoms with E-state index < -0.39 is 16.6 Å². The van der Waals surface area contributed by atoms with Gasteiger partial charge in [0.25, 0.3) is 0 Å². The summed E-state index contributed by atoms with van der Waals surface area (Å²) in [7, 11) is -3.30. The first kappa shape index (κ1) is 25.8. The Hall–Kier alpha value is 0.754. The van der Waals surface area contributed by atoms with Crippen molar-refractivity contribution in [3.63, 3.8) is 0 Å². The van der Waals surface area contributed by atoms with Gasteiger partial charge in [0.1, 0.15) is 0 Å². The molecular weight excluding hydrogens is 436 g/mol. The summed E-state index contributed by atoms with van der Waals surface area (Å²) < 4.78 is 12.8. The van der Waals surface area contributed by atoms with Crippen LogP contribution in [0.2, 0.25) is 36.3 Å². The van der Waals surface area contributed by atoms with Gasteiger partial charge in [0.05, 0.1) is 6.67 Å². The maximum Gasteiger partial charge on any atom is 0.192 e. The van der Waals surface area contributed by atoms with Gasteiger partial charge in [0.15, 0.2) is 16.6 Å². The fraction of sp³-hybridized carbons (Fsp3) is 1.00. The molecule has 1 fully saturated rings. The molecule has 0 saturated carbocycles. The molecule has 27 heavy (non-hydrogen) atoms. The summed E-state index contributed by atoms with van der Waals surface area (Å²) in [5.74, 6) is 0. The quantitative estimate of drug-likeness (QED) is 0.327. The Balaban J connectivity index is 2.45. The summed E-state index contributed by atoms with van der Waals surface area (Å²) in [6.07, 6.45) is 0. The predicted octanol–water partition coefficient (Wildman–Crippen LogP) is 5.37. The van der Waals surface area contributed by atoms with Gasteiger partial charge in [-0.15, -0.1) is 0 Å². The molecule has 0 aromatic rings. The first-order chi connectivity index (χ1) is 12.1. The highest BCUT2D eigenvalue weighted by Gasteiger charge is 2.39. The molecule has 1 heterocycles. The molecule has 162 valence electrons. The van der Waals surface area contributed by atoms with Crippen molar-refractivity contribution < 1.29 is 8.85 Å². The van der Waals surface area contributed by atoms with Gasteiger partial charge in [-0.1, -0.05) is 57.5 Å². The molecule has 0 amide bonds. The lowest BCUT2D eigenvalue weighted by molar-refractivity contribution is 0.165. The van der Waals surface area contributed by atoms with Crippen molar-refractivity contribution in [1.29, 1.82) is 0 Å². The topological polar surface area (TPSA) is 24.9 Å². The summed E-state index contributed by atoms with van der Waals surface area (Å²) in [4.78, 5) is 5.10. The molecule has 1 atom stereocenters. The van der Waals surface area contributed by atoms with E-state index in [1.165, 1.54) is 0 Å². The number of hydrogen-bond acceptors (Lipinski definition) is 4. The van der Waals surface area contributed by atoms with E-state index in [1.54, 1.807) is 0 Å². The molecule has 0 spiro atoms. The SMILES string of the molecule is CC(C)(C)[Si](C)(C)OCCN1CC(CBr)N(CCO[Si](C)(C)C(C)(C)C)C1. The van der Waals surface area contributed by atoms with Crippen LogP contribution >= 0.6 is 15.9 Å². The van der Waals surface area contributed by atoms with Crippen molar-refractivity contribution in [2.45, 2.75) is 83.8 Å². The van der Waals surface area contributed by atoms with E-state index in [-0.39, 0.29) is 10.1 Å². The normalized spacial score (nSPS) is 21.2. The second-order valence-corrected chi connectivity index (χ2v) is 21.3. The summed E-state index contributed by atoms with van der Waals surface area (Å²) in [6, 6.07) is 0.570. The molecule has 0 aromatic carbocycles. The second kappa shape index (κ2) is 9.71. The second-order valence-electron chi connectivity index (χ2n) is 11.1. The van der Waals surface area contributed by atoms with Gasteiger partial charge < -0.3 is 8.85 Å². The fourth-order valence-corrected chi connectivity index (χ4v) is 5.37. The van der Waals surface area contributed by atoms with E-state index in [9.17, 15) is 0 Å². The Morgan fingerprint density at radius 1 is 0.852 bits per heavy atom. The number of rotatable bonds is 9. The lowest BCUT2D eigenvalue weighted by atomic mass is 10.2. The van der Waals surface area contributed by atoms with Gasteiger partial charge in [0.2, 0.25) is 0 Å². The first-order valence-corrected chi connectivity index (χ1v) is 17.3. The van der Waals surface area contributed by atoms with Gasteiger partial charge in [-0.25, -0.2) is 0 Å². The Morgan fingerprint density at radius 3 is 1.70 bits per heavy atom. The monoisotopic (exact) mass is 480 g/mol. The van der Waals surface area contributed by atoms with Gasteiger partial charge in [0, 0.05) is 44.2 Å². The van der Waals surface area contributed by atoms with Crippen LogP contribution in [0.3, 0.4) is 0 Å². The van der Waals surface area contributed by atoms with Gasteiger partial charge >= 0.3 is 0 Å². The zero-order valence-electron chi connectivity index (χ0n) is 19.6. The van der Waals surface area contributed by atoms with Gasteiger partial charge in [-0.05, 0) is 36.3 Å². The minimum absolute atomic E-state index is 0.278. The molecule has 1 saturated heterocycles. The molecule has 0 aliphatic carbocycles. The van der Waals surface area contributed by atoms with E-state index in [1.807, 2.05) is 0 Å². The molecular formula is C20H45BrN2O2Si2. The summed E-state index contributed by atoms with van der Waals surface area (Å²) in [5, 5.41) is 1.58. The lowest BCUT2D eigenvalue weighted by Crippen LogP contribution is -2.44. The van der Waals surface area contributed by atoms with E-state index in [2.05, 4.69) is 93.5 Å². The van der Waals surface area contributed by atoms with Crippen LogP contribution in [-0.4, -0.2) is 77.3 Å². The van der Waals surface area contributed by atoms with E-state index in [0.29, 0.717) is 6.04 Å². The average Bonchev–Trinajstić information content (AvgIpc) is 2.86. The predicted molar refractivity (Wildman–Crippen MR) is 127 cm³/mol. The Kier molecular flexibility index (Phi) is 9.27. The highest BCUT2D eigenvalue weighted by atomic mass is 79.9. The summed E-state index contributed by atoms with van der Waals surface area (Å²) in [5.41, 5.74) is 0. The number of halogens is 1. The van der Waals surface area contributed by atoms with Crippen molar-refractivity contribution in [2.75, 3.05) is 44.8 Å². The van der Waals surface area contributed by atoms with Crippen LogP contribution in [-0.2, 0) is 8.85 Å².